The molecule has 2 nitrogen and oxygen atoms in total. The second-order valence-electron chi connectivity index (χ2n) is 5.86. The van der Waals surface area contributed by atoms with Gasteiger partial charge in [0, 0.05) is 22.9 Å². The Morgan fingerprint density at radius 2 is 1.77 bits per heavy atom. The molecule has 3 heteroatoms. The van der Waals surface area contributed by atoms with E-state index in [1.165, 1.54) is 35.3 Å². The Morgan fingerprint density at radius 1 is 1.00 bits per heavy atom. The lowest BCUT2D eigenvalue weighted by atomic mass is 10.0. The molecule has 1 N–H and O–H groups in total. The number of fused-ring (bicyclic) bond motifs is 2. The Bertz CT molecular complexity index is 639. The number of hydrogen-bond acceptors (Lipinski definition) is 2. The minimum atomic E-state index is 0.818. The molecule has 3 rings (SSSR count). The number of aryl methyl sites for hydroxylation is 2. The van der Waals surface area contributed by atoms with Crippen molar-refractivity contribution in [2.24, 2.45) is 0 Å². The van der Waals surface area contributed by atoms with Crippen LogP contribution in [0.2, 0.25) is 5.02 Å². The first-order valence-electron chi connectivity index (χ1n) is 8.08. The minimum absolute atomic E-state index is 0.818. The zero-order chi connectivity index (χ0) is 15.4. The van der Waals surface area contributed by atoms with E-state index >= 15 is 0 Å². The molecule has 0 saturated heterocycles. The van der Waals surface area contributed by atoms with Gasteiger partial charge in [-0.3, -0.25) is 0 Å². The first kappa shape index (κ1) is 15.4. The summed E-state index contributed by atoms with van der Waals surface area (Å²) in [5.74, 6) is 0. The van der Waals surface area contributed by atoms with Crippen LogP contribution in [0.3, 0.4) is 0 Å². The van der Waals surface area contributed by atoms with E-state index in [0.29, 0.717) is 0 Å². The van der Waals surface area contributed by atoms with E-state index in [2.05, 4.69) is 46.6 Å². The van der Waals surface area contributed by atoms with Crippen LogP contribution in [0.1, 0.15) is 24.0 Å². The Labute approximate surface area is 138 Å². The van der Waals surface area contributed by atoms with Gasteiger partial charge in [-0.15, -0.1) is 0 Å². The average molecular weight is 315 g/mol. The van der Waals surface area contributed by atoms with Crippen molar-refractivity contribution in [3.63, 3.8) is 0 Å². The smallest absolute Gasteiger partial charge is 0.0458 e. The SMILES string of the molecule is CNCCCCN1c2ccccc2CCc2ccc(Cl)cc21. The van der Waals surface area contributed by atoms with Gasteiger partial charge in [-0.05, 0) is 68.6 Å². The molecule has 0 amide bonds. The van der Waals surface area contributed by atoms with Gasteiger partial charge in [0.25, 0.3) is 0 Å². The molecule has 0 aromatic heterocycles. The van der Waals surface area contributed by atoms with Crippen molar-refractivity contribution in [3.8, 4) is 0 Å². The highest BCUT2D eigenvalue weighted by molar-refractivity contribution is 6.30. The van der Waals surface area contributed by atoms with Crippen LogP contribution < -0.4 is 10.2 Å². The number of nitrogens with one attached hydrogen (secondary N) is 1. The molecule has 0 radical (unpaired) electrons. The lowest BCUT2D eigenvalue weighted by Crippen LogP contribution is -2.21. The maximum absolute atomic E-state index is 6.27. The topological polar surface area (TPSA) is 15.3 Å². The maximum Gasteiger partial charge on any atom is 0.0458 e. The Hall–Kier alpha value is -1.51. The summed E-state index contributed by atoms with van der Waals surface area (Å²) < 4.78 is 0. The summed E-state index contributed by atoms with van der Waals surface area (Å²) in [6, 6.07) is 15.1. The second-order valence-corrected chi connectivity index (χ2v) is 6.30. The van der Waals surface area contributed by atoms with Crippen molar-refractivity contribution >= 4 is 23.0 Å². The van der Waals surface area contributed by atoms with Gasteiger partial charge in [-0.2, -0.15) is 0 Å². The van der Waals surface area contributed by atoms with Gasteiger partial charge in [-0.1, -0.05) is 35.9 Å². The summed E-state index contributed by atoms with van der Waals surface area (Å²) in [7, 11) is 2.01. The normalized spacial score (nSPS) is 13.5. The zero-order valence-electron chi connectivity index (χ0n) is 13.1. The van der Waals surface area contributed by atoms with Crippen LogP contribution in [0.4, 0.5) is 11.4 Å². The molecular weight excluding hydrogens is 292 g/mol. The molecule has 22 heavy (non-hydrogen) atoms. The van der Waals surface area contributed by atoms with E-state index in [-0.39, 0.29) is 0 Å². The number of halogens is 1. The first-order valence-corrected chi connectivity index (χ1v) is 8.46. The van der Waals surface area contributed by atoms with E-state index in [0.717, 1.165) is 31.0 Å². The van der Waals surface area contributed by atoms with Crippen molar-refractivity contribution in [3.05, 3.63) is 58.6 Å². The van der Waals surface area contributed by atoms with Gasteiger partial charge < -0.3 is 10.2 Å². The van der Waals surface area contributed by atoms with E-state index in [4.69, 9.17) is 11.6 Å². The summed E-state index contributed by atoms with van der Waals surface area (Å²) in [6.07, 6.45) is 4.53. The molecule has 116 valence electrons. The maximum atomic E-state index is 6.27. The monoisotopic (exact) mass is 314 g/mol. The number of unbranched alkanes of at least 4 members (excludes halogenated alkanes) is 1. The van der Waals surface area contributed by atoms with Gasteiger partial charge in [-0.25, -0.2) is 0 Å². The zero-order valence-corrected chi connectivity index (χ0v) is 13.9. The standard InChI is InChI=1S/C19H23ClN2/c1-21-12-4-5-13-22-18-7-3-2-6-15(18)8-9-16-10-11-17(20)14-19(16)22/h2-3,6-7,10-11,14,21H,4-5,8-9,12-13H2,1H3. The predicted octanol–water partition coefficient (Wildman–Crippen LogP) is 4.58. The summed E-state index contributed by atoms with van der Waals surface area (Å²) in [5.41, 5.74) is 5.45. The van der Waals surface area contributed by atoms with Gasteiger partial charge in [0.05, 0.1) is 0 Å². The predicted molar refractivity (Wildman–Crippen MR) is 95.5 cm³/mol. The number of hydrogen-bond donors (Lipinski definition) is 1. The van der Waals surface area contributed by atoms with Crippen molar-refractivity contribution in [2.75, 3.05) is 25.0 Å². The minimum Gasteiger partial charge on any atom is -0.341 e. The van der Waals surface area contributed by atoms with Crippen LogP contribution in [0.15, 0.2) is 42.5 Å². The molecule has 2 aromatic rings. The van der Waals surface area contributed by atoms with Crippen LogP contribution in [-0.2, 0) is 12.8 Å². The van der Waals surface area contributed by atoms with E-state index in [9.17, 15) is 0 Å². The Morgan fingerprint density at radius 3 is 2.59 bits per heavy atom. The van der Waals surface area contributed by atoms with E-state index in [1.807, 2.05) is 13.1 Å². The summed E-state index contributed by atoms with van der Waals surface area (Å²) in [5, 5.41) is 4.04. The number of anilines is 2. The fourth-order valence-corrected chi connectivity index (χ4v) is 3.36. The fourth-order valence-electron chi connectivity index (χ4n) is 3.20. The third-order valence-corrected chi connectivity index (χ3v) is 4.58. The van der Waals surface area contributed by atoms with Crippen LogP contribution in [-0.4, -0.2) is 20.1 Å². The number of nitrogens with zero attached hydrogens (tertiary/aromatic N) is 1. The largest absolute Gasteiger partial charge is 0.341 e. The number of benzene rings is 2. The van der Waals surface area contributed by atoms with E-state index in [1.54, 1.807) is 0 Å². The van der Waals surface area contributed by atoms with Gasteiger partial charge in [0.2, 0.25) is 0 Å². The van der Waals surface area contributed by atoms with Crippen LogP contribution in [0, 0.1) is 0 Å². The molecule has 0 unspecified atom stereocenters. The molecular formula is C19H23ClN2. The molecule has 1 aliphatic heterocycles. The Balaban J connectivity index is 1.95. The quantitative estimate of drug-likeness (QED) is 0.813. The molecule has 0 aliphatic carbocycles. The highest BCUT2D eigenvalue weighted by atomic mass is 35.5. The van der Waals surface area contributed by atoms with Crippen molar-refractivity contribution in [1.29, 1.82) is 0 Å². The summed E-state index contributed by atoms with van der Waals surface area (Å²) in [4.78, 5) is 2.46. The van der Waals surface area contributed by atoms with Crippen LogP contribution in [0.25, 0.3) is 0 Å². The van der Waals surface area contributed by atoms with Gasteiger partial charge >= 0.3 is 0 Å². The average Bonchev–Trinajstić information content (AvgIpc) is 2.69. The Kier molecular flexibility index (Phi) is 5.01. The molecule has 1 heterocycles. The molecule has 2 aromatic carbocycles. The van der Waals surface area contributed by atoms with Crippen molar-refractivity contribution in [1.82, 2.24) is 5.32 Å². The molecule has 1 aliphatic rings. The van der Waals surface area contributed by atoms with Crippen molar-refractivity contribution in [2.45, 2.75) is 25.7 Å². The lowest BCUT2D eigenvalue weighted by molar-refractivity contribution is 0.678. The third-order valence-electron chi connectivity index (χ3n) is 4.34. The number of para-hydroxylation sites is 1. The van der Waals surface area contributed by atoms with Gasteiger partial charge in [0.1, 0.15) is 0 Å². The van der Waals surface area contributed by atoms with Crippen molar-refractivity contribution < 1.29 is 0 Å². The molecule has 0 spiro atoms. The van der Waals surface area contributed by atoms with Gasteiger partial charge in [0.15, 0.2) is 0 Å². The van der Waals surface area contributed by atoms with E-state index < -0.39 is 0 Å². The summed E-state index contributed by atoms with van der Waals surface area (Å²) in [6.45, 7) is 2.10. The third kappa shape index (κ3) is 3.29. The molecule has 0 bridgehead atoms. The molecule has 0 saturated carbocycles. The number of rotatable bonds is 5. The van der Waals surface area contributed by atoms with Crippen LogP contribution in [0.5, 0.6) is 0 Å². The first-order chi connectivity index (χ1) is 10.8. The molecule has 0 fully saturated rings. The fraction of sp³-hybridized carbons (Fsp3) is 0.368. The lowest BCUT2D eigenvalue weighted by Gasteiger charge is -2.27. The highest BCUT2D eigenvalue weighted by Gasteiger charge is 2.20. The molecule has 0 atom stereocenters. The summed E-state index contributed by atoms with van der Waals surface area (Å²) >= 11 is 6.27. The second kappa shape index (κ2) is 7.17. The highest BCUT2D eigenvalue weighted by Crippen LogP contribution is 2.37. The van der Waals surface area contributed by atoms with Crippen LogP contribution >= 0.6 is 11.6 Å².